The van der Waals surface area contributed by atoms with Crippen LogP contribution in [0.15, 0.2) is 182 Å². The van der Waals surface area contributed by atoms with Gasteiger partial charge in [-0.3, -0.25) is 0 Å². The average Bonchev–Trinajstić information content (AvgIpc) is 3.90. The molecule has 4 aromatic heterocycles. The molecule has 10 rings (SSSR count). The molecule has 0 aliphatic heterocycles. The topological polar surface area (TPSA) is 35.0 Å². The van der Waals surface area contributed by atoms with Crippen LogP contribution in [0.1, 0.15) is 0 Å². The van der Waals surface area contributed by atoms with E-state index in [1.165, 1.54) is 20.9 Å². The second-order valence-electron chi connectivity index (χ2n) is 13.2. The van der Waals surface area contributed by atoms with E-state index < -0.39 is 0 Å². The van der Waals surface area contributed by atoms with E-state index in [9.17, 15) is 0 Å². The summed E-state index contributed by atoms with van der Waals surface area (Å²) in [6.07, 6.45) is 3.76. The molecule has 10 aromatic rings. The summed E-state index contributed by atoms with van der Waals surface area (Å²) in [5.74, 6) is 1.16. The van der Waals surface area contributed by atoms with Gasteiger partial charge >= 0.3 is 21.1 Å². The molecule has 0 saturated heterocycles. The van der Waals surface area contributed by atoms with Crippen molar-refractivity contribution in [2.24, 2.45) is 0 Å². The molecule has 56 heavy (non-hydrogen) atoms. The first kappa shape index (κ1) is 35.7. The molecule has 0 radical (unpaired) electrons. The molecule has 0 aliphatic rings. The first-order valence-corrected chi connectivity index (χ1v) is 19.7. The van der Waals surface area contributed by atoms with E-state index in [-0.39, 0.29) is 21.1 Å². The Balaban J connectivity index is 0.00000410. The zero-order valence-corrected chi connectivity index (χ0v) is 33.7. The van der Waals surface area contributed by atoms with Crippen LogP contribution in [0.25, 0.3) is 85.8 Å². The second-order valence-corrected chi connectivity index (χ2v) is 15.3. The predicted octanol–water partition coefficient (Wildman–Crippen LogP) is 14.3. The van der Waals surface area contributed by atoms with E-state index in [4.69, 9.17) is 14.7 Å². The largest absolute Gasteiger partial charge is 2.00 e. The molecule has 0 saturated carbocycles. The van der Waals surface area contributed by atoms with Crippen LogP contribution in [-0.2, 0) is 21.1 Å². The van der Waals surface area contributed by atoms with Crippen LogP contribution < -0.4 is 4.74 Å². The summed E-state index contributed by atoms with van der Waals surface area (Å²) in [6.45, 7) is 0. The Morgan fingerprint density at radius 2 is 0.768 bits per heavy atom. The van der Waals surface area contributed by atoms with Crippen LogP contribution in [0.4, 0.5) is 0 Å². The molecule has 0 bridgehead atoms. The summed E-state index contributed by atoms with van der Waals surface area (Å²) >= 11 is 3.50. The smallest absolute Gasteiger partial charge is 0.497 e. The number of benzene rings is 6. The van der Waals surface area contributed by atoms with Gasteiger partial charge < -0.3 is 14.7 Å². The molecule has 0 N–H and O–H groups in total. The molecule has 4 heterocycles. The number of thiophene rings is 2. The normalized spacial score (nSPS) is 11.1. The van der Waals surface area contributed by atoms with E-state index >= 15 is 0 Å². The first-order valence-electron chi connectivity index (χ1n) is 18.0. The Bertz CT molecular complexity index is 2740. The van der Waals surface area contributed by atoms with Crippen molar-refractivity contribution in [3.63, 3.8) is 0 Å². The molecule has 0 aliphatic carbocycles. The van der Waals surface area contributed by atoms with Gasteiger partial charge in [0, 0.05) is 54.4 Å². The number of pyridine rings is 2. The SMILES string of the molecule is [Pt+2].[c-]1c(Oc2[c-]c(-c3nccc4cc(-c5ccccc5)sc34)cc(-c3ccccc3)c2)cc(-c2ccccc2)cc1-c1nccc2cc(-c3ccccc3)sc12. The molecule has 0 spiro atoms. The van der Waals surface area contributed by atoms with Gasteiger partial charge in [0.25, 0.3) is 0 Å². The minimum absolute atomic E-state index is 0. The average molecular weight is 934 g/mol. The molecular formula is C50H30N2OPtS2. The Morgan fingerprint density at radius 3 is 1.16 bits per heavy atom. The molecule has 0 atom stereocenters. The minimum atomic E-state index is 0. The number of aromatic nitrogens is 2. The van der Waals surface area contributed by atoms with Gasteiger partial charge in [-0.15, -0.1) is 45.9 Å². The third kappa shape index (κ3) is 7.13. The molecule has 268 valence electrons. The van der Waals surface area contributed by atoms with Gasteiger partial charge in [-0.05, 0) is 57.3 Å². The van der Waals surface area contributed by atoms with Gasteiger partial charge in [-0.25, -0.2) is 0 Å². The summed E-state index contributed by atoms with van der Waals surface area (Å²) in [6, 6.07) is 66.1. The monoisotopic (exact) mass is 933 g/mol. The van der Waals surface area contributed by atoms with Crippen molar-refractivity contribution in [3.05, 3.63) is 194 Å². The number of fused-ring (bicyclic) bond motifs is 2. The summed E-state index contributed by atoms with van der Waals surface area (Å²) in [7, 11) is 0. The van der Waals surface area contributed by atoms with Crippen molar-refractivity contribution in [2.45, 2.75) is 0 Å². The van der Waals surface area contributed by atoms with Crippen molar-refractivity contribution in [1.82, 2.24) is 9.97 Å². The van der Waals surface area contributed by atoms with E-state index in [0.29, 0.717) is 11.5 Å². The fraction of sp³-hybridized carbons (Fsp3) is 0. The number of hydrogen-bond donors (Lipinski definition) is 0. The summed E-state index contributed by atoms with van der Waals surface area (Å²) < 4.78 is 9.06. The Hall–Kier alpha value is -5.97. The quantitative estimate of drug-likeness (QED) is 0.142. The van der Waals surface area contributed by atoms with Gasteiger partial charge in [0.15, 0.2) is 0 Å². The maximum Gasteiger partial charge on any atom is 2.00 e. The van der Waals surface area contributed by atoms with Crippen molar-refractivity contribution in [2.75, 3.05) is 0 Å². The first-order chi connectivity index (χ1) is 27.2. The van der Waals surface area contributed by atoms with E-state index in [2.05, 4.69) is 158 Å². The standard InChI is InChI=1S/C50H30N2OS2.Pt/c1-5-13-33(14-6-1)39-25-41(47-49-37(21-23-51-47)31-45(54-49)35-17-9-3-10-18-35)29-43(27-39)53-44-28-40(34-15-7-2-8-16-34)26-42(30-44)48-50-38(22-24-52-48)32-46(55-50)36-19-11-4-12-20-36;/h1-28,31-32H;/q-2;+2. The van der Waals surface area contributed by atoms with Gasteiger partial charge in [-0.2, -0.15) is 0 Å². The van der Waals surface area contributed by atoms with Crippen LogP contribution in [0.3, 0.4) is 0 Å². The zero-order valence-electron chi connectivity index (χ0n) is 29.8. The van der Waals surface area contributed by atoms with E-state index in [1.54, 1.807) is 22.7 Å². The van der Waals surface area contributed by atoms with Gasteiger partial charge in [0.05, 0.1) is 0 Å². The number of ether oxygens (including phenoxy) is 1. The van der Waals surface area contributed by atoms with Gasteiger partial charge in [0.2, 0.25) is 0 Å². The number of rotatable bonds is 8. The third-order valence-electron chi connectivity index (χ3n) is 9.62. The van der Waals surface area contributed by atoms with E-state index in [1.807, 2.05) is 36.7 Å². The van der Waals surface area contributed by atoms with Crippen LogP contribution in [-0.4, -0.2) is 9.97 Å². The molecule has 6 aromatic carbocycles. The Labute approximate surface area is 347 Å². The number of nitrogens with zero attached hydrogens (tertiary/aromatic N) is 2. The fourth-order valence-electron chi connectivity index (χ4n) is 6.97. The van der Waals surface area contributed by atoms with Gasteiger partial charge in [0.1, 0.15) is 0 Å². The van der Waals surface area contributed by atoms with Crippen molar-refractivity contribution in [3.8, 4) is 77.1 Å². The molecule has 0 fully saturated rings. The molecule has 3 nitrogen and oxygen atoms in total. The maximum absolute atomic E-state index is 6.84. The van der Waals surface area contributed by atoms with Gasteiger partial charge in [-0.1, -0.05) is 157 Å². The van der Waals surface area contributed by atoms with Crippen LogP contribution in [0.5, 0.6) is 11.5 Å². The summed E-state index contributed by atoms with van der Waals surface area (Å²) in [5, 5.41) is 2.29. The number of hydrogen-bond acceptors (Lipinski definition) is 5. The van der Waals surface area contributed by atoms with Crippen LogP contribution in [0.2, 0.25) is 0 Å². The molecule has 0 unspecified atom stereocenters. The molecule has 6 heteroatoms. The minimum Gasteiger partial charge on any atom is -0.497 e. The zero-order chi connectivity index (χ0) is 36.6. The van der Waals surface area contributed by atoms with Crippen LogP contribution >= 0.6 is 22.7 Å². The Kier molecular flexibility index (Phi) is 9.98. The molecular weight excluding hydrogens is 904 g/mol. The Morgan fingerprint density at radius 1 is 0.393 bits per heavy atom. The predicted molar refractivity (Wildman–Crippen MR) is 230 cm³/mol. The van der Waals surface area contributed by atoms with Crippen molar-refractivity contribution in [1.29, 1.82) is 0 Å². The third-order valence-corrected chi connectivity index (χ3v) is 12.0. The van der Waals surface area contributed by atoms with E-state index in [0.717, 1.165) is 64.9 Å². The maximum atomic E-state index is 6.84. The van der Waals surface area contributed by atoms with Crippen LogP contribution in [0, 0.1) is 12.1 Å². The summed E-state index contributed by atoms with van der Waals surface area (Å²) in [4.78, 5) is 12.3. The summed E-state index contributed by atoms with van der Waals surface area (Å²) in [5.41, 5.74) is 10.0. The fourth-order valence-corrected chi connectivity index (χ4v) is 9.29. The molecule has 0 amide bonds. The second kappa shape index (κ2) is 15.6. The van der Waals surface area contributed by atoms with Crippen molar-refractivity contribution >= 4 is 42.8 Å². The van der Waals surface area contributed by atoms with Crippen molar-refractivity contribution < 1.29 is 25.8 Å².